The van der Waals surface area contributed by atoms with Crippen molar-refractivity contribution < 1.29 is 14.3 Å². The molecule has 0 fully saturated rings. The van der Waals surface area contributed by atoms with E-state index in [2.05, 4.69) is 0 Å². The lowest BCUT2D eigenvalue weighted by Gasteiger charge is -2.18. The highest BCUT2D eigenvalue weighted by Crippen LogP contribution is 2.31. The number of ketones is 1. The smallest absolute Gasteiger partial charge is 0.167 e. The molecule has 0 amide bonds. The van der Waals surface area contributed by atoms with Crippen molar-refractivity contribution >= 4 is 5.78 Å². The van der Waals surface area contributed by atoms with E-state index in [-0.39, 0.29) is 5.78 Å². The Hall–Kier alpha value is -2.29. The quantitative estimate of drug-likeness (QED) is 0.808. The van der Waals surface area contributed by atoms with Crippen LogP contribution in [0.25, 0.3) is 0 Å². The zero-order valence-corrected chi connectivity index (χ0v) is 12.3. The van der Waals surface area contributed by atoms with Crippen LogP contribution in [0.5, 0.6) is 11.5 Å². The van der Waals surface area contributed by atoms with Crippen LogP contribution in [0.3, 0.4) is 0 Å². The molecule has 3 nitrogen and oxygen atoms in total. The molecule has 0 saturated heterocycles. The van der Waals surface area contributed by atoms with Crippen molar-refractivity contribution in [2.24, 2.45) is 0 Å². The standard InChI is InChI=1S/C18H18O3/c1-12-4-3-5-13(2)15(12)11-16(19)14-6-7-17-18(10-14)21-9-8-20-17/h3-7,10H,8-9,11H2,1-2H3. The fourth-order valence-electron chi connectivity index (χ4n) is 2.61. The molecule has 1 aliphatic heterocycles. The third-order valence-corrected chi connectivity index (χ3v) is 3.85. The molecule has 0 aliphatic carbocycles. The molecule has 1 heterocycles. The molecule has 2 aromatic carbocycles. The summed E-state index contributed by atoms with van der Waals surface area (Å²) >= 11 is 0. The highest BCUT2D eigenvalue weighted by molar-refractivity contribution is 5.98. The summed E-state index contributed by atoms with van der Waals surface area (Å²) in [4.78, 5) is 12.5. The van der Waals surface area contributed by atoms with Gasteiger partial charge in [0.2, 0.25) is 0 Å². The van der Waals surface area contributed by atoms with Crippen LogP contribution in [0.15, 0.2) is 36.4 Å². The molecule has 0 spiro atoms. The minimum atomic E-state index is 0.101. The average Bonchev–Trinajstić information content (AvgIpc) is 2.50. The van der Waals surface area contributed by atoms with Gasteiger partial charge in [-0.05, 0) is 48.7 Å². The van der Waals surface area contributed by atoms with Crippen LogP contribution in [-0.4, -0.2) is 19.0 Å². The highest BCUT2D eigenvalue weighted by atomic mass is 16.6. The van der Waals surface area contributed by atoms with Gasteiger partial charge in [0.25, 0.3) is 0 Å². The minimum absolute atomic E-state index is 0.101. The Balaban J connectivity index is 1.86. The Morgan fingerprint density at radius 1 is 1.00 bits per heavy atom. The van der Waals surface area contributed by atoms with Crippen LogP contribution in [0.4, 0.5) is 0 Å². The maximum atomic E-state index is 12.5. The zero-order valence-electron chi connectivity index (χ0n) is 12.3. The van der Waals surface area contributed by atoms with Gasteiger partial charge in [-0.15, -0.1) is 0 Å². The van der Waals surface area contributed by atoms with Crippen molar-refractivity contribution in [2.45, 2.75) is 20.3 Å². The van der Waals surface area contributed by atoms with E-state index in [0.717, 1.165) is 16.7 Å². The molecule has 108 valence electrons. The van der Waals surface area contributed by atoms with E-state index in [9.17, 15) is 4.79 Å². The van der Waals surface area contributed by atoms with Gasteiger partial charge in [0.1, 0.15) is 13.2 Å². The Morgan fingerprint density at radius 3 is 2.38 bits per heavy atom. The van der Waals surface area contributed by atoms with Gasteiger partial charge in [0.15, 0.2) is 17.3 Å². The lowest BCUT2D eigenvalue weighted by Crippen LogP contribution is -2.16. The van der Waals surface area contributed by atoms with Gasteiger partial charge in [-0.3, -0.25) is 4.79 Å². The number of hydrogen-bond donors (Lipinski definition) is 0. The number of fused-ring (bicyclic) bond motifs is 1. The van der Waals surface area contributed by atoms with Gasteiger partial charge in [-0.25, -0.2) is 0 Å². The van der Waals surface area contributed by atoms with Gasteiger partial charge < -0.3 is 9.47 Å². The van der Waals surface area contributed by atoms with Crippen molar-refractivity contribution in [1.82, 2.24) is 0 Å². The first-order chi connectivity index (χ1) is 10.1. The summed E-state index contributed by atoms with van der Waals surface area (Å²) in [7, 11) is 0. The van der Waals surface area contributed by atoms with Crippen molar-refractivity contribution in [1.29, 1.82) is 0 Å². The first-order valence-electron chi connectivity index (χ1n) is 7.13. The van der Waals surface area contributed by atoms with E-state index in [4.69, 9.17) is 9.47 Å². The largest absolute Gasteiger partial charge is 0.486 e. The first-order valence-corrected chi connectivity index (χ1v) is 7.13. The van der Waals surface area contributed by atoms with E-state index in [1.54, 1.807) is 6.07 Å². The summed E-state index contributed by atoms with van der Waals surface area (Å²) in [5, 5.41) is 0. The van der Waals surface area contributed by atoms with Gasteiger partial charge in [0.05, 0.1) is 0 Å². The van der Waals surface area contributed by atoms with E-state index in [1.807, 2.05) is 44.2 Å². The molecule has 3 heteroatoms. The molecular weight excluding hydrogens is 264 g/mol. The second-order valence-electron chi connectivity index (χ2n) is 5.33. The lowest BCUT2D eigenvalue weighted by molar-refractivity contribution is 0.0991. The summed E-state index contributed by atoms with van der Waals surface area (Å²) in [6, 6.07) is 11.5. The number of Topliss-reactive ketones (excluding diaryl/α,β-unsaturated/α-hetero) is 1. The monoisotopic (exact) mass is 282 g/mol. The van der Waals surface area contributed by atoms with E-state index in [1.165, 1.54) is 0 Å². The molecule has 0 radical (unpaired) electrons. The maximum Gasteiger partial charge on any atom is 0.167 e. The molecule has 0 aromatic heterocycles. The Kier molecular flexibility index (Phi) is 3.65. The summed E-state index contributed by atoms with van der Waals surface area (Å²) in [5.41, 5.74) is 4.08. The van der Waals surface area contributed by atoms with E-state index in [0.29, 0.717) is 36.7 Å². The molecule has 0 bridgehead atoms. The number of carbonyl (C=O) groups is 1. The lowest BCUT2D eigenvalue weighted by atomic mass is 9.95. The van der Waals surface area contributed by atoms with Crippen LogP contribution in [0.2, 0.25) is 0 Å². The normalized spacial score (nSPS) is 13.0. The van der Waals surface area contributed by atoms with Crippen LogP contribution in [0, 0.1) is 13.8 Å². The van der Waals surface area contributed by atoms with Crippen molar-refractivity contribution in [3.63, 3.8) is 0 Å². The van der Waals surface area contributed by atoms with E-state index < -0.39 is 0 Å². The number of rotatable bonds is 3. The third-order valence-electron chi connectivity index (χ3n) is 3.85. The SMILES string of the molecule is Cc1cccc(C)c1CC(=O)c1ccc2c(c1)OCCO2. The molecule has 2 aromatic rings. The topological polar surface area (TPSA) is 35.5 Å². The third kappa shape index (κ3) is 2.77. The Morgan fingerprint density at radius 2 is 1.67 bits per heavy atom. The second-order valence-corrected chi connectivity index (χ2v) is 5.33. The minimum Gasteiger partial charge on any atom is -0.486 e. The number of aryl methyl sites for hydroxylation is 2. The summed E-state index contributed by atoms with van der Waals surface area (Å²) in [6.45, 7) is 5.17. The molecule has 0 atom stereocenters. The average molecular weight is 282 g/mol. The summed E-state index contributed by atoms with van der Waals surface area (Å²) in [6.07, 6.45) is 0.415. The Labute approximate surface area is 124 Å². The van der Waals surface area contributed by atoms with E-state index >= 15 is 0 Å². The zero-order chi connectivity index (χ0) is 14.8. The van der Waals surface area contributed by atoms with Gasteiger partial charge in [-0.1, -0.05) is 18.2 Å². The van der Waals surface area contributed by atoms with Crippen molar-refractivity contribution in [3.8, 4) is 11.5 Å². The molecule has 1 aliphatic rings. The number of carbonyl (C=O) groups excluding carboxylic acids is 1. The van der Waals surface area contributed by atoms with Gasteiger partial charge in [-0.2, -0.15) is 0 Å². The molecule has 3 rings (SSSR count). The van der Waals surface area contributed by atoms with Crippen LogP contribution in [0.1, 0.15) is 27.0 Å². The fourth-order valence-corrected chi connectivity index (χ4v) is 2.61. The number of benzene rings is 2. The Bertz CT molecular complexity index is 669. The van der Waals surface area contributed by atoms with Gasteiger partial charge in [0, 0.05) is 12.0 Å². The van der Waals surface area contributed by atoms with Crippen molar-refractivity contribution in [3.05, 3.63) is 58.7 Å². The second kappa shape index (κ2) is 5.60. The molecule has 0 unspecified atom stereocenters. The molecule has 0 N–H and O–H groups in total. The first kappa shape index (κ1) is 13.7. The maximum absolute atomic E-state index is 12.5. The number of ether oxygens (including phenoxy) is 2. The summed E-state index contributed by atoms with van der Waals surface area (Å²) in [5.74, 6) is 1.47. The molecular formula is C18H18O3. The highest BCUT2D eigenvalue weighted by Gasteiger charge is 2.16. The van der Waals surface area contributed by atoms with Crippen LogP contribution >= 0.6 is 0 Å². The summed E-state index contributed by atoms with van der Waals surface area (Å²) < 4.78 is 11.0. The predicted octanol–water partition coefficient (Wildman–Crippen LogP) is 3.50. The molecule has 0 saturated carbocycles. The van der Waals surface area contributed by atoms with Crippen LogP contribution < -0.4 is 9.47 Å². The fraction of sp³-hybridized carbons (Fsp3) is 0.278. The predicted molar refractivity (Wildman–Crippen MR) is 81.4 cm³/mol. The number of hydrogen-bond acceptors (Lipinski definition) is 3. The van der Waals surface area contributed by atoms with Gasteiger partial charge >= 0.3 is 0 Å². The van der Waals surface area contributed by atoms with Crippen molar-refractivity contribution in [2.75, 3.05) is 13.2 Å². The molecule has 21 heavy (non-hydrogen) atoms. The van der Waals surface area contributed by atoms with Crippen LogP contribution in [-0.2, 0) is 6.42 Å².